The first-order valence-corrected chi connectivity index (χ1v) is 11.5. The molecule has 1 atom stereocenters. The molecule has 0 saturated carbocycles. The van der Waals surface area contributed by atoms with Crippen LogP contribution in [0.2, 0.25) is 0 Å². The van der Waals surface area contributed by atoms with E-state index in [1.807, 2.05) is 31.2 Å². The fraction of sp³-hybridized carbons (Fsp3) is 0.440. The minimum Gasteiger partial charge on any atom is -0.354 e. The second-order valence-corrected chi connectivity index (χ2v) is 9.05. The molecule has 2 amide bonds. The maximum Gasteiger partial charge on any atom is 0.242 e. The summed E-state index contributed by atoms with van der Waals surface area (Å²) in [5, 5.41) is 2.96. The molecule has 0 unspecified atom stereocenters. The van der Waals surface area contributed by atoms with Crippen molar-refractivity contribution in [2.45, 2.75) is 59.5 Å². The fourth-order valence-corrected chi connectivity index (χ4v) is 3.65. The van der Waals surface area contributed by atoms with Gasteiger partial charge in [-0.15, -0.1) is 0 Å². The van der Waals surface area contributed by atoms with Gasteiger partial charge in [-0.3, -0.25) is 9.59 Å². The van der Waals surface area contributed by atoms with Gasteiger partial charge in [0.05, 0.1) is 0 Å². The zero-order valence-electron chi connectivity index (χ0n) is 18.5. The number of nitrogens with one attached hydrogen (secondary N) is 1. The number of amides is 2. The van der Waals surface area contributed by atoms with Gasteiger partial charge < -0.3 is 10.2 Å². The molecule has 0 aliphatic heterocycles. The normalized spacial score (nSPS) is 11.9. The number of halogens is 1. The van der Waals surface area contributed by atoms with Gasteiger partial charge in [0.2, 0.25) is 11.8 Å². The highest BCUT2D eigenvalue weighted by Gasteiger charge is 2.26. The van der Waals surface area contributed by atoms with Gasteiger partial charge in [0.1, 0.15) is 6.04 Å². The van der Waals surface area contributed by atoms with E-state index in [-0.39, 0.29) is 11.8 Å². The molecule has 0 heterocycles. The zero-order chi connectivity index (χ0) is 22.1. The Morgan fingerprint density at radius 3 is 2.27 bits per heavy atom. The third-order valence-corrected chi connectivity index (χ3v) is 5.65. The number of hydrogen-bond donors (Lipinski definition) is 1. The van der Waals surface area contributed by atoms with Crippen LogP contribution in [0.4, 0.5) is 0 Å². The smallest absolute Gasteiger partial charge is 0.242 e. The molecule has 2 aromatic carbocycles. The summed E-state index contributed by atoms with van der Waals surface area (Å²) in [4.78, 5) is 27.5. The van der Waals surface area contributed by atoms with E-state index >= 15 is 0 Å². The van der Waals surface area contributed by atoms with Gasteiger partial charge in [0, 0.05) is 24.0 Å². The van der Waals surface area contributed by atoms with Crippen molar-refractivity contribution in [3.05, 3.63) is 69.7 Å². The fourth-order valence-electron chi connectivity index (χ4n) is 3.20. The van der Waals surface area contributed by atoms with Crippen molar-refractivity contribution >= 4 is 27.7 Å². The molecule has 4 nitrogen and oxygen atoms in total. The van der Waals surface area contributed by atoms with Crippen LogP contribution in [0.1, 0.15) is 50.8 Å². The van der Waals surface area contributed by atoms with Crippen LogP contribution in [0.25, 0.3) is 0 Å². The first-order chi connectivity index (χ1) is 14.3. The monoisotopic (exact) mass is 472 g/mol. The number of carbonyl (C=O) groups excluding carboxylic acids is 2. The molecule has 2 rings (SSSR count). The largest absolute Gasteiger partial charge is 0.354 e. The van der Waals surface area contributed by atoms with E-state index in [1.165, 1.54) is 5.56 Å². The van der Waals surface area contributed by atoms with E-state index in [9.17, 15) is 9.59 Å². The Bertz CT molecular complexity index is 833. The molecular weight excluding hydrogens is 440 g/mol. The van der Waals surface area contributed by atoms with E-state index in [1.54, 1.807) is 4.90 Å². The van der Waals surface area contributed by atoms with E-state index in [4.69, 9.17) is 0 Å². The number of benzene rings is 2. The predicted octanol–water partition coefficient (Wildman–Crippen LogP) is 5.13. The lowest BCUT2D eigenvalue weighted by Crippen LogP contribution is -2.48. The number of carbonyl (C=O) groups is 2. The van der Waals surface area contributed by atoms with Crippen molar-refractivity contribution < 1.29 is 9.59 Å². The zero-order valence-corrected chi connectivity index (χ0v) is 20.0. The SMILES string of the molecule is CCc1ccc(CCC(=O)N(Cc2cccc(Br)c2)[C@H](C)C(=O)NCC(C)C)cc1. The molecule has 0 aliphatic rings. The van der Waals surface area contributed by atoms with Gasteiger partial charge in [-0.2, -0.15) is 0 Å². The third-order valence-electron chi connectivity index (χ3n) is 5.15. The molecule has 0 bridgehead atoms. The van der Waals surface area contributed by atoms with Gasteiger partial charge in [-0.25, -0.2) is 0 Å². The maximum absolute atomic E-state index is 13.1. The molecule has 30 heavy (non-hydrogen) atoms. The average Bonchev–Trinajstić information content (AvgIpc) is 2.74. The second-order valence-electron chi connectivity index (χ2n) is 8.14. The van der Waals surface area contributed by atoms with Gasteiger partial charge in [-0.1, -0.05) is 73.1 Å². The highest BCUT2D eigenvalue weighted by Crippen LogP contribution is 2.17. The number of aryl methyl sites for hydroxylation is 2. The Balaban J connectivity index is 2.11. The molecule has 1 N–H and O–H groups in total. The molecule has 2 aromatic rings. The van der Waals surface area contributed by atoms with E-state index in [2.05, 4.69) is 66.3 Å². The number of rotatable bonds is 10. The molecule has 0 radical (unpaired) electrons. The Kier molecular flexibility index (Phi) is 9.57. The van der Waals surface area contributed by atoms with Crippen LogP contribution in [0.3, 0.4) is 0 Å². The predicted molar refractivity (Wildman–Crippen MR) is 126 cm³/mol. The number of hydrogen-bond acceptors (Lipinski definition) is 2. The first-order valence-electron chi connectivity index (χ1n) is 10.7. The van der Waals surface area contributed by atoms with Crippen molar-refractivity contribution in [3.63, 3.8) is 0 Å². The summed E-state index contributed by atoms with van der Waals surface area (Å²) in [6.45, 7) is 9.05. The molecule has 5 heteroatoms. The third kappa shape index (κ3) is 7.60. The summed E-state index contributed by atoms with van der Waals surface area (Å²) in [7, 11) is 0. The summed E-state index contributed by atoms with van der Waals surface area (Å²) in [5.74, 6) is 0.238. The highest BCUT2D eigenvalue weighted by molar-refractivity contribution is 9.10. The standard InChI is InChI=1S/C25H33BrN2O2/c1-5-20-9-11-21(12-10-20)13-14-24(29)28(17-22-7-6-8-23(26)15-22)19(4)25(30)27-16-18(2)3/h6-12,15,18-19H,5,13-14,16-17H2,1-4H3,(H,27,30)/t19-/m1/s1. The van der Waals surface area contributed by atoms with Crippen molar-refractivity contribution in [1.29, 1.82) is 0 Å². The van der Waals surface area contributed by atoms with Crippen LogP contribution < -0.4 is 5.32 Å². The summed E-state index contributed by atoms with van der Waals surface area (Å²) in [6.07, 6.45) is 2.04. The average molecular weight is 473 g/mol. The van der Waals surface area contributed by atoms with E-state index in [0.717, 1.165) is 22.0 Å². The van der Waals surface area contributed by atoms with Gasteiger partial charge in [-0.05, 0) is 54.5 Å². The second kappa shape index (κ2) is 11.9. The topological polar surface area (TPSA) is 49.4 Å². The van der Waals surface area contributed by atoms with E-state index < -0.39 is 6.04 Å². The van der Waals surface area contributed by atoms with Crippen molar-refractivity contribution in [3.8, 4) is 0 Å². The van der Waals surface area contributed by atoms with Crippen LogP contribution in [-0.4, -0.2) is 29.3 Å². The lowest BCUT2D eigenvalue weighted by atomic mass is 10.0. The summed E-state index contributed by atoms with van der Waals surface area (Å²) < 4.78 is 0.959. The minimum absolute atomic E-state index is 0.0123. The lowest BCUT2D eigenvalue weighted by molar-refractivity contribution is -0.140. The minimum atomic E-state index is -0.530. The number of nitrogens with zero attached hydrogens (tertiary/aromatic N) is 1. The summed E-state index contributed by atoms with van der Waals surface area (Å²) in [6, 6.07) is 15.7. The Labute approximate surface area is 189 Å². The highest BCUT2D eigenvalue weighted by atomic mass is 79.9. The molecular formula is C25H33BrN2O2. The van der Waals surface area contributed by atoms with Gasteiger partial charge in [0.15, 0.2) is 0 Å². The van der Waals surface area contributed by atoms with E-state index in [0.29, 0.717) is 31.8 Å². The van der Waals surface area contributed by atoms with Crippen molar-refractivity contribution in [1.82, 2.24) is 10.2 Å². The van der Waals surface area contributed by atoms with Gasteiger partial charge in [0.25, 0.3) is 0 Å². The molecule has 0 aliphatic carbocycles. The first kappa shape index (κ1) is 24.1. The molecule has 0 spiro atoms. The Morgan fingerprint density at radius 2 is 1.67 bits per heavy atom. The van der Waals surface area contributed by atoms with Crippen LogP contribution in [0.15, 0.2) is 53.0 Å². The van der Waals surface area contributed by atoms with Crippen LogP contribution in [-0.2, 0) is 29.0 Å². The molecule has 0 aromatic heterocycles. The maximum atomic E-state index is 13.1. The summed E-state index contributed by atoms with van der Waals surface area (Å²) >= 11 is 3.49. The van der Waals surface area contributed by atoms with Crippen LogP contribution >= 0.6 is 15.9 Å². The molecule has 162 valence electrons. The lowest BCUT2D eigenvalue weighted by Gasteiger charge is -2.29. The Morgan fingerprint density at radius 1 is 1.00 bits per heavy atom. The Hall–Kier alpha value is -2.14. The summed E-state index contributed by atoms with van der Waals surface area (Å²) in [5.41, 5.74) is 3.42. The van der Waals surface area contributed by atoms with Crippen molar-refractivity contribution in [2.75, 3.05) is 6.54 Å². The molecule has 0 fully saturated rings. The van der Waals surface area contributed by atoms with Crippen LogP contribution in [0, 0.1) is 5.92 Å². The van der Waals surface area contributed by atoms with Crippen LogP contribution in [0.5, 0.6) is 0 Å². The van der Waals surface area contributed by atoms with Gasteiger partial charge >= 0.3 is 0 Å². The quantitative estimate of drug-likeness (QED) is 0.520. The molecule has 0 saturated heterocycles. The van der Waals surface area contributed by atoms with Crippen molar-refractivity contribution in [2.24, 2.45) is 5.92 Å².